The summed E-state index contributed by atoms with van der Waals surface area (Å²) >= 11 is 6.37. The van der Waals surface area contributed by atoms with Gasteiger partial charge in [0.25, 0.3) is 0 Å². The number of nitrogens with zero attached hydrogens (tertiary/aromatic N) is 1. The Balaban J connectivity index is 1.83. The number of aliphatic hydroxyl groups is 4. The van der Waals surface area contributed by atoms with Crippen LogP contribution in [0.1, 0.15) is 41.7 Å². The largest absolute Gasteiger partial charge is 0.411 e. The summed E-state index contributed by atoms with van der Waals surface area (Å²) < 4.78 is 5.64. The quantitative estimate of drug-likeness (QED) is 0.269. The summed E-state index contributed by atoms with van der Waals surface area (Å²) in [5, 5.41) is 52.7. The molecule has 7 nitrogen and oxygen atoms in total. The Labute approximate surface area is 179 Å². The molecule has 0 amide bonds. The number of rotatable bonds is 6. The van der Waals surface area contributed by atoms with Gasteiger partial charge in [0, 0.05) is 5.02 Å². The lowest BCUT2D eigenvalue weighted by Crippen LogP contribution is -2.55. The van der Waals surface area contributed by atoms with Gasteiger partial charge < -0.3 is 30.4 Å². The van der Waals surface area contributed by atoms with Crippen LogP contribution in [0, 0.1) is 0 Å². The number of benzene rings is 2. The summed E-state index contributed by atoms with van der Waals surface area (Å²) in [4.78, 5) is 0. The number of aliphatic hydroxyl groups excluding tert-OH is 4. The van der Waals surface area contributed by atoms with Gasteiger partial charge >= 0.3 is 0 Å². The second kappa shape index (κ2) is 9.87. The number of halogens is 1. The second-order valence-corrected chi connectivity index (χ2v) is 7.78. The fourth-order valence-corrected chi connectivity index (χ4v) is 3.84. The van der Waals surface area contributed by atoms with Crippen LogP contribution in [0.3, 0.4) is 0 Å². The van der Waals surface area contributed by atoms with E-state index in [1.165, 1.54) is 0 Å². The molecule has 1 aliphatic heterocycles. The predicted octanol–water partition coefficient (Wildman–Crippen LogP) is 2.03. The first kappa shape index (κ1) is 22.7. The molecule has 1 aliphatic rings. The Morgan fingerprint density at radius 3 is 2.33 bits per heavy atom. The molecule has 0 aromatic heterocycles. The van der Waals surface area contributed by atoms with Crippen LogP contribution in [-0.2, 0) is 11.2 Å². The van der Waals surface area contributed by atoms with Crippen molar-refractivity contribution in [2.75, 3.05) is 6.61 Å². The van der Waals surface area contributed by atoms with Crippen LogP contribution >= 0.6 is 11.6 Å². The summed E-state index contributed by atoms with van der Waals surface area (Å²) in [7, 11) is 0. The third-order valence-electron chi connectivity index (χ3n) is 5.43. The monoisotopic (exact) mass is 435 g/mol. The Morgan fingerprint density at radius 2 is 1.73 bits per heavy atom. The van der Waals surface area contributed by atoms with Crippen LogP contribution in [0.4, 0.5) is 0 Å². The van der Waals surface area contributed by atoms with Gasteiger partial charge in [-0.2, -0.15) is 0 Å². The average molecular weight is 436 g/mol. The zero-order chi connectivity index (χ0) is 21.8. The smallest absolute Gasteiger partial charge is 0.113 e. The van der Waals surface area contributed by atoms with E-state index in [2.05, 4.69) is 5.16 Å². The first-order valence-electron chi connectivity index (χ1n) is 9.78. The molecule has 30 heavy (non-hydrogen) atoms. The molecule has 5 N–H and O–H groups in total. The number of hydrogen-bond donors (Lipinski definition) is 5. The molecule has 0 bridgehead atoms. The maximum Gasteiger partial charge on any atom is 0.113 e. The lowest BCUT2D eigenvalue weighted by atomic mass is 9.90. The molecule has 0 unspecified atom stereocenters. The fraction of sp³-hybridized carbons (Fsp3) is 0.409. The van der Waals surface area contributed by atoms with Gasteiger partial charge in [-0.15, -0.1) is 0 Å². The van der Waals surface area contributed by atoms with Crippen LogP contribution in [0.2, 0.25) is 5.02 Å². The van der Waals surface area contributed by atoms with Gasteiger partial charge in [-0.05, 0) is 41.2 Å². The average Bonchev–Trinajstić information content (AvgIpc) is 2.76. The summed E-state index contributed by atoms with van der Waals surface area (Å²) in [6, 6.07) is 12.8. The minimum Gasteiger partial charge on any atom is -0.411 e. The van der Waals surface area contributed by atoms with Crippen molar-refractivity contribution < 1.29 is 30.4 Å². The number of oxime groups is 1. The Kier molecular flexibility index (Phi) is 7.46. The van der Waals surface area contributed by atoms with Crippen LogP contribution in [0.5, 0.6) is 0 Å². The van der Waals surface area contributed by atoms with Gasteiger partial charge in [0.15, 0.2) is 0 Å². The topological polar surface area (TPSA) is 123 Å². The molecule has 3 rings (SSSR count). The molecular weight excluding hydrogens is 410 g/mol. The van der Waals surface area contributed by atoms with Crippen molar-refractivity contribution in [2.45, 2.75) is 50.3 Å². The van der Waals surface area contributed by atoms with E-state index >= 15 is 0 Å². The fourth-order valence-electron chi connectivity index (χ4n) is 3.65. The summed E-state index contributed by atoms with van der Waals surface area (Å²) in [6.45, 7) is 1.43. The minimum atomic E-state index is -1.44. The lowest BCUT2D eigenvalue weighted by Gasteiger charge is -2.40. The van der Waals surface area contributed by atoms with Crippen molar-refractivity contribution in [2.24, 2.45) is 5.16 Å². The standard InChI is InChI=1S/C22H26ClNO6/c1-2-17(24-29)13-5-3-12(4-6-13)9-15-10-14(7-8-16(15)23)22-21(28)20(27)19(26)18(11-25)30-22/h3-8,10,18-22,25-29H,2,9,11H2,1H3/b24-17+/t18-,19-,20+,21-,22+/m1/s1. The molecule has 2 aromatic rings. The van der Waals surface area contributed by atoms with Gasteiger partial charge in [0.1, 0.15) is 30.5 Å². The molecule has 8 heteroatoms. The van der Waals surface area contributed by atoms with Crippen LogP contribution in [0.25, 0.3) is 0 Å². The number of hydrogen-bond acceptors (Lipinski definition) is 7. The first-order valence-corrected chi connectivity index (χ1v) is 10.2. The maximum absolute atomic E-state index is 10.4. The first-order chi connectivity index (χ1) is 14.4. The maximum atomic E-state index is 10.4. The number of ether oxygens (including phenoxy) is 1. The lowest BCUT2D eigenvalue weighted by molar-refractivity contribution is -0.231. The normalized spacial score (nSPS) is 27.3. The summed E-state index contributed by atoms with van der Waals surface area (Å²) in [5.74, 6) is 0. The van der Waals surface area contributed by atoms with Crippen molar-refractivity contribution in [3.05, 3.63) is 69.7 Å². The van der Waals surface area contributed by atoms with Crippen molar-refractivity contribution in [3.63, 3.8) is 0 Å². The Morgan fingerprint density at radius 1 is 1.03 bits per heavy atom. The van der Waals surface area contributed by atoms with Crippen LogP contribution in [0.15, 0.2) is 47.6 Å². The highest BCUT2D eigenvalue weighted by Gasteiger charge is 2.44. The zero-order valence-electron chi connectivity index (χ0n) is 16.5. The van der Waals surface area contributed by atoms with Gasteiger partial charge in [-0.1, -0.05) is 60.1 Å². The van der Waals surface area contributed by atoms with Gasteiger partial charge in [0.2, 0.25) is 0 Å². The molecule has 162 valence electrons. The molecular formula is C22H26ClNO6. The van der Waals surface area contributed by atoms with E-state index in [0.717, 1.165) is 16.7 Å². The molecule has 1 saturated heterocycles. The van der Waals surface area contributed by atoms with Crippen molar-refractivity contribution >= 4 is 17.3 Å². The van der Waals surface area contributed by atoms with Gasteiger partial charge in [-0.25, -0.2) is 0 Å². The van der Waals surface area contributed by atoms with Gasteiger partial charge in [-0.3, -0.25) is 0 Å². The SMILES string of the molecule is CC/C(=N\O)c1ccc(Cc2cc([C@@H]3O[C@H](CO)[C@@H](O)[C@H](O)[C@H]3O)ccc2Cl)cc1. The third-order valence-corrected chi connectivity index (χ3v) is 5.80. The van der Waals surface area contributed by atoms with E-state index in [1.54, 1.807) is 18.2 Å². The van der Waals surface area contributed by atoms with Crippen LogP contribution in [-0.4, -0.2) is 62.4 Å². The summed E-state index contributed by atoms with van der Waals surface area (Å²) in [5.41, 5.74) is 3.81. The molecule has 1 heterocycles. The summed E-state index contributed by atoms with van der Waals surface area (Å²) in [6.07, 6.45) is -4.94. The molecule has 0 saturated carbocycles. The van der Waals surface area contributed by atoms with Crippen LogP contribution < -0.4 is 0 Å². The predicted molar refractivity (Wildman–Crippen MR) is 112 cm³/mol. The Bertz CT molecular complexity index is 886. The highest BCUT2D eigenvalue weighted by atomic mass is 35.5. The molecule has 2 aromatic carbocycles. The third kappa shape index (κ3) is 4.67. The van der Waals surface area contributed by atoms with Crippen molar-refractivity contribution in [3.8, 4) is 0 Å². The highest BCUT2D eigenvalue weighted by Crippen LogP contribution is 2.34. The van der Waals surface area contributed by atoms with E-state index in [1.807, 2.05) is 31.2 Å². The van der Waals surface area contributed by atoms with Crippen molar-refractivity contribution in [1.82, 2.24) is 0 Å². The van der Waals surface area contributed by atoms with Gasteiger partial charge in [0.05, 0.1) is 12.3 Å². The minimum absolute atomic E-state index is 0.481. The Hall–Kier alpha value is -2.00. The van der Waals surface area contributed by atoms with E-state index < -0.39 is 37.1 Å². The van der Waals surface area contributed by atoms with Crippen molar-refractivity contribution in [1.29, 1.82) is 0 Å². The van der Waals surface area contributed by atoms with E-state index in [4.69, 9.17) is 21.5 Å². The van der Waals surface area contributed by atoms with E-state index in [0.29, 0.717) is 29.1 Å². The zero-order valence-corrected chi connectivity index (χ0v) is 17.3. The van der Waals surface area contributed by atoms with E-state index in [-0.39, 0.29) is 0 Å². The molecule has 1 fully saturated rings. The molecule has 5 atom stereocenters. The molecule has 0 radical (unpaired) electrons. The van der Waals surface area contributed by atoms with E-state index in [9.17, 15) is 20.4 Å². The highest BCUT2D eigenvalue weighted by molar-refractivity contribution is 6.31. The molecule has 0 aliphatic carbocycles. The second-order valence-electron chi connectivity index (χ2n) is 7.37. The molecule has 0 spiro atoms.